The number of ether oxygens (including phenoxy) is 1. The Bertz CT molecular complexity index is 435. The van der Waals surface area contributed by atoms with Crippen LogP contribution in [0.2, 0.25) is 0 Å². The molecule has 92 valence electrons. The molecule has 1 aromatic rings. The summed E-state index contributed by atoms with van der Waals surface area (Å²) in [7, 11) is 1.74. The van der Waals surface area contributed by atoms with Crippen LogP contribution in [0.15, 0.2) is 18.2 Å². The lowest BCUT2D eigenvalue weighted by atomic mass is 9.76. The minimum Gasteiger partial charge on any atom is -0.497 e. The second-order valence-electron chi connectivity index (χ2n) is 6.03. The van der Waals surface area contributed by atoms with E-state index in [2.05, 4.69) is 37.4 Å². The second-order valence-corrected chi connectivity index (χ2v) is 6.03. The number of benzene rings is 1. The molecule has 1 unspecified atom stereocenters. The van der Waals surface area contributed by atoms with Crippen molar-refractivity contribution in [2.45, 2.75) is 38.1 Å². The van der Waals surface area contributed by atoms with Gasteiger partial charge in [0.05, 0.1) is 7.11 Å². The third kappa shape index (κ3) is 1.85. The van der Waals surface area contributed by atoms with Gasteiger partial charge in [0, 0.05) is 18.0 Å². The first-order valence-corrected chi connectivity index (χ1v) is 6.53. The van der Waals surface area contributed by atoms with Crippen LogP contribution in [0.5, 0.6) is 5.75 Å². The van der Waals surface area contributed by atoms with Crippen molar-refractivity contribution < 1.29 is 4.74 Å². The highest BCUT2D eigenvalue weighted by atomic mass is 16.5. The number of fused-ring (bicyclic) bond motifs is 1. The lowest BCUT2D eigenvalue weighted by Gasteiger charge is -2.38. The number of nitrogens with one attached hydrogen (secondary N) is 1. The standard InChI is InChI=1S/C15H21NO/c1-15(2)9-16-14(10-4-5-10)12-7-6-11(17-3)8-13(12)15/h6-8,10,14,16H,4-5,9H2,1-3H3. The maximum Gasteiger partial charge on any atom is 0.119 e. The second kappa shape index (κ2) is 3.74. The Morgan fingerprint density at radius 2 is 2.06 bits per heavy atom. The van der Waals surface area contributed by atoms with Crippen LogP contribution in [0.1, 0.15) is 43.9 Å². The predicted octanol–water partition coefficient (Wildman–Crippen LogP) is 3.03. The Hall–Kier alpha value is -1.02. The Morgan fingerprint density at radius 3 is 2.71 bits per heavy atom. The quantitative estimate of drug-likeness (QED) is 0.844. The maximum atomic E-state index is 5.36. The molecule has 1 aliphatic heterocycles. The number of methoxy groups -OCH3 is 1. The molecule has 0 radical (unpaired) electrons. The van der Waals surface area contributed by atoms with Gasteiger partial charge in [0.25, 0.3) is 0 Å². The van der Waals surface area contributed by atoms with Crippen LogP contribution in [-0.2, 0) is 5.41 Å². The zero-order valence-electron chi connectivity index (χ0n) is 10.9. The first-order valence-electron chi connectivity index (χ1n) is 6.53. The van der Waals surface area contributed by atoms with Crippen molar-refractivity contribution in [3.05, 3.63) is 29.3 Å². The molecule has 0 amide bonds. The van der Waals surface area contributed by atoms with Gasteiger partial charge in [-0.3, -0.25) is 0 Å². The van der Waals surface area contributed by atoms with Crippen LogP contribution in [0.3, 0.4) is 0 Å². The van der Waals surface area contributed by atoms with Crippen molar-refractivity contribution in [3.8, 4) is 5.75 Å². The van der Waals surface area contributed by atoms with E-state index in [1.807, 2.05) is 0 Å². The van der Waals surface area contributed by atoms with Crippen LogP contribution >= 0.6 is 0 Å². The summed E-state index contributed by atoms with van der Waals surface area (Å²) in [4.78, 5) is 0. The molecule has 0 bridgehead atoms. The fourth-order valence-electron chi connectivity index (χ4n) is 2.94. The molecular formula is C15H21NO. The summed E-state index contributed by atoms with van der Waals surface area (Å²) in [5.74, 6) is 1.84. The molecule has 1 aliphatic carbocycles. The maximum absolute atomic E-state index is 5.36. The van der Waals surface area contributed by atoms with Crippen molar-refractivity contribution >= 4 is 0 Å². The van der Waals surface area contributed by atoms with E-state index in [1.54, 1.807) is 7.11 Å². The minimum absolute atomic E-state index is 0.204. The summed E-state index contributed by atoms with van der Waals surface area (Å²) in [6, 6.07) is 7.15. The van der Waals surface area contributed by atoms with E-state index in [1.165, 1.54) is 24.0 Å². The number of hydrogen-bond acceptors (Lipinski definition) is 2. The van der Waals surface area contributed by atoms with Crippen molar-refractivity contribution in [2.75, 3.05) is 13.7 Å². The average molecular weight is 231 g/mol. The van der Waals surface area contributed by atoms with Crippen molar-refractivity contribution in [3.63, 3.8) is 0 Å². The summed E-state index contributed by atoms with van der Waals surface area (Å²) in [5, 5.41) is 3.72. The van der Waals surface area contributed by atoms with E-state index in [-0.39, 0.29) is 5.41 Å². The number of rotatable bonds is 2. The lowest BCUT2D eigenvalue weighted by molar-refractivity contribution is 0.354. The Labute approximate surface area is 103 Å². The first-order chi connectivity index (χ1) is 8.12. The molecule has 2 nitrogen and oxygen atoms in total. The van der Waals surface area contributed by atoms with Gasteiger partial charge < -0.3 is 10.1 Å². The summed E-state index contributed by atoms with van der Waals surface area (Å²) in [6.45, 7) is 5.68. The molecule has 1 heterocycles. The van der Waals surface area contributed by atoms with E-state index in [9.17, 15) is 0 Å². The first kappa shape index (κ1) is 11.1. The van der Waals surface area contributed by atoms with Crippen LogP contribution in [0.25, 0.3) is 0 Å². The molecule has 0 aromatic heterocycles. The van der Waals surface area contributed by atoms with Crippen LogP contribution in [0.4, 0.5) is 0 Å². The summed E-state index contributed by atoms with van der Waals surface area (Å²) in [6.07, 6.45) is 2.76. The average Bonchev–Trinajstić information content (AvgIpc) is 3.13. The van der Waals surface area contributed by atoms with Gasteiger partial charge in [-0.25, -0.2) is 0 Å². The van der Waals surface area contributed by atoms with E-state index in [0.29, 0.717) is 6.04 Å². The van der Waals surface area contributed by atoms with Crippen molar-refractivity contribution in [1.29, 1.82) is 0 Å². The van der Waals surface area contributed by atoms with Gasteiger partial charge in [-0.1, -0.05) is 19.9 Å². The molecular weight excluding hydrogens is 210 g/mol. The van der Waals surface area contributed by atoms with Gasteiger partial charge >= 0.3 is 0 Å². The molecule has 1 saturated carbocycles. The fourth-order valence-corrected chi connectivity index (χ4v) is 2.94. The molecule has 2 heteroatoms. The summed E-state index contributed by atoms with van der Waals surface area (Å²) >= 11 is 0. The van der Waals surface area contributed by atoms with Gasteiger partial charge in [-0.2, -0.15) is 0 Å². The molecule has 0 saturated heterocycles. The van der Waals surface area contributed by atoms with Crippen LogP contribution in [0, 0.1) is 5.92 Å². The zero-order valence-corrected chi connectivity index (χ0v) is 10.9. The molecule has 0 spiro atoms. The molecule has 1 atom stereocenters. The van der Waals surface area contributed by atoms with Gasteiger partial charge in [0.15, 0.2) is 0 Å². The van der Waals surface area contributed by atoms with Crippen LogP contribution in [-0.4, -0.2) is 13.7 Å². The van der Waals surface area contributed by atoms with E-state index < -0.39 is 0 Å². The van der Waals surface area contributed by atoms with Gasteiger partial charge in [0.1, 0.15) is 5.75 Å². The van der Waals surface area contributed by atoms with E-state index in [4.69, 9.17) is 4.74 Å². The van der Waals surface area contributed by atoms with Gasteiger partial charge in [-0.05, 0) is 42.0 Å². The molecule has 1 fully saturated rings. The van der Waals surface area contributed by atoms with E-state index >= 15 is 0 Å². The highest BCUT2D eigenvalue weighted by Gasteiger charge is 2.39. The molecule has 1 N–H and O–H groups in total. The third-order valence-corrected chi connectivity index (χ3v) is 4.18. The fraction of sp³-hybridized carbons (Fsp3) is 0.600. The Balaban J connectivity index is 2.06. The van der Waals surface area contributed by atoms with Crippen molar-refractivity contribution in [2.24, 2.45) is 5.92 Å². The van der Waals surface area contributed by atoms with Gasteiger partial charge in [0.2, 0.25) is 0 Å². The molecule has 1 aromatic carbocycles. The lowest BCUT2D eigenvalue weighted by Crippen LogP contribution is -2.42. The minimum atomic E-state index is 0.204. The topological polar surface area (TPSA) is 21.3 Å². The third-order valence-electron chi connectivity index (χ3n) is 4.18. The number of hydrogen-bond donors (Lipinski definition) is 1. The summed E-state index contributed by atoms with van der Waals surface area (Å²) in [5.41, 5.74) is 3.16. The zero-order chi connectivity index (χ0) is 12.0. The van der Waals surface area contributed by atoms with E-state index in [0.717, 1.165) is 18.2 Å². The molecule has 3 rings (SSSR count). The monoisotopic (exact) mass is 231 g/mol. The Kier molecular flexibility index (Phi) is 2.44. The van der Waals surface area contributed by atoms with Gasteiger partial charge in [-0.15, -0.1) is 0 Å². The Morgan fingerprint density at radius 1 is 1.29 bits per heavy atom. The van der Waals surface area contributed by atoms with Crippen molar-refractivity contribution in [1.82, 2.24) is 5.32 Å². The summed E-state index contributed by atoms with van der Waals surface area (Å²) < 4.78 is 5.36. The predicted molar refractivity (Wildman–Crippen MR) is 69.5 cm³/mol. The highest BCUT2D eigenvalue weighted by molar-refractivity contribution is 5.44. The van der Waals surface area contributed by atoms with Crippen LogP contribution < -0.4 is 10.1 Å². The molecule has 17 heavy (non-hydrogen) atoms. The SMILES string of the molecule is COc1ccc2c(c1)C(C)(C)CNC2C1CC1. The molecule has 2 aliphatic rings. The smallest absolute Gasteiger partial charge is 0.119 e. The largest absolute Gasteiger partial charge is 0.497 e. The normalized spacial score (nSPS) is 26.4. The highest BCUT2D eigenvalue weighted by Crippen LogP contribution is 2.46.